The molecule has 0 saturated heterocycles. The Kier molecular flexibility index (Phi) is 5.51. The molecule has 0 aromatic heterocycles. The van der Waals surface area contributed by atoms with E-state index < -0.39 is 0 Å². The number of aryl methyl sites for hydroxylation is 1. The molecule has 0 unspecified atom stereocenters. The number of nitrogens with zero attached hydrogens (tertiary/aromatic N) is 1. The molecule has 0 bridgehead atoms. The van der Waals surface area contributed by atoms with Crippen LogP contribution in [0.25, 0.3) is 0 Å². The minimum absolute atomic E-state index is 0.0609. The Morgan fingerprint density at radius 2 is 1.76 bits per heavy atom. The number of ketones is 1. The van der Waals surface area contributed by atoms with Crippen molar-refractivity contribution in [1.29, 1.82) is 0 Å². The third-order valence-electron chi connectivity index (χ3n) is 4.23. The molecule has 0 atom stereocenters. The highest BCUT2D eigenvalue weighted by molar-refractivity contribution is 5.97. The number of hydrogen-bond acceptors (Lipinski definition) is 3. The van der Waals surface area contributed by atoms with Crippen LogP contribution in [0.2, 0.25) is 0 Å². The van der Waals surface area contributed by atoms with Gasteiger partial charge in [0.25, 0.3) is 0 Å². The van der Waals surface area contributed by atoms with Crippen molar-refractivity contribution < 1.29 is 9.59 Å². The summed E-state index contributed by atoms with van der Waals surface area (Å²) < 4.78 is 0. The van der Waals surface area contributed by atoms with Crippen molar-refractivity contribution in [3.63, 3.8) is 0 Å². The number of Topliss-reactive ketones (excluding diaryl/α,β-unsaturated/α-hetero) is 1. The van der Waals surface area contributed by atoms with Crippen molar-refractivity contribution in [3.8, 4) is 0 Å². The van der Waals surface area contributed by atoms with Crippen molar-refractivity contribution in [2.24, 2.45) is 5.73 Å². The van der Waals surface area contributed by atoms with Crippen LogP contribution in [-0.4, -0.2) is 35.7 Å². The second-order valence-corrected chi connectivity index (χ2v) is 5.78. The quantitative estimate of drug-likeness (QED) is 0.782. The number of primary amides is 1. The first kappa shape index (κ1) is 15.7. The topological polar surface area (TPSA) is 63.4 Å². The molecule has 1 saturated carbocycles. The first-order chi connectivity index (χ1) is 10.1. The molecule has 0 spiro atoms. The summed E-state index contributed by atoms with van der Waals surface area (Å²) >= 11 is 0. The van der Waals surface area contributed by atoms with Gasteiger partial charge in [0.05, 0.1) is 13.1 Å². The maximum Gasteiger partial charge on any atom is 0.231 e. The van der Waals surface area contributed by atoms with Crippen molar-refractivity contribution >= 4 is 11.7 Å². The average molecular weight is 288 g/mol. The number of nitrogens with two attached hydrogens (primary N) is 1. The molecule has 0 aliphatic heterocycles. The molecule has 114 valence electrons. The first-order valence-electron chi connectivity index (χ1n) is 7.74. The molecule has 4 heteroatoms. The van der Waals surface area contributed by atoms with E-state index in [0.717, 1.165) is 19.3 Å². The minimum atomic E-state index is -0.365. The molecule has 0 heterocycles. The summed E-state index contributed by atoms with van der Waals surface area (Å²) in [7, 11) is 0. The van der Waals surface area contributed by atoms with Crippen LogP contribution < -0.4 is 5.73 Å². The number of hydrogen-bond donors (Lipinski definition) is 1. The molecule has 21 heavy (non-hydrogen) atoms. The smallest absolute Gasteiger partial charge is 0.231 e. The highest BCUT2D eigenvalue weighted by Gasteiger charge is 2.25. The van der Waals surface area contributed by atoms with E-state index in [9.17, 15) is 9.59 Å². The maximum atomic E-state index is 12.4. The van der Waals surface area contributed by atoms with Gasteiger partial charge in [-0.25, -0.2) is 0 Å². The molecule has 2 N–H and O–H groups in total. The summed E-state index contributed by atoms with van der Waals surface area (Å²) in [5.74, 6) is -0.304. The first-order valence-corrected chi connectivity index (χ1v) is 7.74. The van der Waals surface area contributed by atoms with Gasteiger partial charge in [0.15, 0.2) is 5.78 Å². The lowest BCUT2D eigenvalue weighted by atomic mass is 10.1. The molecule has 1 amide bonds. The standard InChI is InChI=1S/C17H24N2O2/c1-2-13-7-9-14(10-8-13)16(20)11-19(12-17(18)21)15-5-3-4-6-15/h7-10,15H,2-6,11-12H2,1H3,(H2,18,21). The SMILES string of the molecule is CCc1ccc(C(=O)CN(CC(N)=O)C2CCCC2)cc1. The van der Waals surface area contributed by atoms with Crippen LogP contribution in [0.1, 0.15) is 48.5 Å². The van der Waals surface area contributed by atoms with Crippen molar-refractivity contribution in [2.75, 3.05) is 13.1 Å². The van der Waals surface area contributed by atoms with Gasteiger partial charge in [-0.05, 0) is 24.8 Å². The van der Waals surface area contributed by atoms with E-state index in [0.29, 0.717) is 11.6 Å². The number of benzene rings is 1. The van der Waals surface area contributed by atoms with Gasteiger partial charge >= 0.3 is 0 Å². The van der Waals surface area contributed by atoms with Gasteiger partial charge in [0.1, 0.15) is 0 Å². The van der Waals surface area contributed by atoms with Gasteiger partial charge in [0.2, 0.25) is 5.91 Å². The highest BCUT2D eigenvalue weighted by Crippen LogP contribution is 2.23. The summed E-state index contributed by atoms with van der Waals surface area (Å²) in [6.07, 6.45) is 5.40. The molecule has 1 aromatic carbocycles. The summed E-state index contributed by atoms with van der Waals surface area (Å²) in [6.45, 7) is 2.54. The Morgan fingerprint density at radius 1 is 1.14 bits per heavy atom. The summed E-state index contributed by atoms with van der Waals surface area (Å²) in [5.41, 5.74) is 7.25. The van der Waals surface area contributed by atoms with Crippen molar-refractivity contribution in [2.45, 2.75) is 45.1 Å². The fourth-order valence-corrected chi connectivity index (χ4v) is 2.99. The zero-order valence-electron chi connectivity index (χ0n) is 12.7. The van der Waals surface area contributed by atoms with Crippen molar-refractivity contribution in [3.05, 3.63) is 35.4 Å². The van der Waals surface area contributed by atoms with E-state index in [4.69, 9.17) is 5.73 Å². The Balaban J connectivity index is 2.03. The van der Waals surface area contributed by atoms with Gasteiger partial charge in [-0.2, -0.15) is 0 Å². The number of carbonyl (C=O) groups is 2. The molecule has 4 nitrogen and oxygen atoms in total. The Labute approximate surface area is 126 Å². The van der Waals surface area contributed by atoms with E-state index >= 15 is 0 Å². The molecular weight excluding hydrogens is 264 g/mol. The third-order valence-corrected chi connectivity index (χ3v) is 4.23. The van der Waals surface area contributed by atoms with Gasteiger partial charge in [0, 0.05) is 11.6 Å². The van der Waals surface area contributed by atoms with Gasteiger partial charge in [-0.15, -0.1) is 0 Å². The lowest BCUT2D eigenvalue weighted by Gasteiger charge is -2.26. The van der Waals surface area contributed by atoms with E-state index in [2.05, 4.69) is 6.92 Å². The van der Waals surface area contributed by atoms with Gasteiger partial charge < -0.3 is 5.73 Å². The maximum absolute atomic E-state index is 12.4. The largest absolute Gasteiger partial charge is 0.369 e. The van der Waals surface area contributed by atoms with Crippen LogP contribution in [0.3, 0.4) is 0 Å². The van der Waals surface area contributed by atoms with E-state index in [1.165, 1.54) is 18.4 Å². The Bertz CT molecular complexity index is 490. The summed E-state index contributed by atoms with van der Waals surface area (Å²) in [4.78, 5) is 25.6. The number of rotatable bonds is 7. The van der Waals surface area contributed by atoms with Crippen LogP contribution in [0, 0.1) is 0 Å². The number of amides is 1. The van der Waals surface area contributed by atoms with Crippen LogP contribution in [-0.2, 0) is 11.2 Å². The highest BCUT2D eigenvalue weighted by atomic mass is 16.1. The monoisotopic (exact) mass is 288 g/mol. The van der Waals surface area contributed by atoms with E-state index in [1.807, 2.05) is 29.2 Å². The van der Waals surface area contributed by atoms with Crippen LogP contribution in [0.4, 0.5) is 0 Å². The zero-order chi connectivity index (χ0) is 15.2. The average Bonchev–Trinajstić information content (AvgIpc) is 3.00. The fourth-order valence-electron chi connectivity index (χ4n) is 2.99. The number of carbonyl (C=O) groups excluding carboxylic acids is 2. The molecule has 1 aliphatic carbocycles. The third kappa shape index (κ3) is 4.39. The molecule has 2 rings (SSSR count). The summed E-state index contributed by atoms with van der Waals surface area (Å²) in [5, 5.41) is 0. The Morgan fingerprint density at radius 3 is 2.29 bits per heavy atom. The second kappa shape index (κ2) is 7.36. The van der Waals surface area contributed by atoms with Gasteiger partial charge in [-0.1, -0.05) is 44.0 Å². The second-order valence-electron chi connectivity index (χ2n) is 5.78. The fraction of sp³-hybridized carbons (Fsp3) is 0.529. The minimum Gasteiger partial charge on any atom is -0.369 e. The molecule has 1 aliphatic rings. The molecule has 1 aromatic rings. The van der Waals surface area contributed by atoms with Crippen LogP contribution >= 0.6 is 0 Å². The van der Waals surface area contributed by atoms with E-state index in [1.54, 1.807) is 0 Å². The van der Waals surface area contributed by atoms with Gasteiger partial charge in [-0.3, -0.25) is 14.5 Å². The van der Waals surface area contributed by atoms with Crippen LogP contribution in [0.5, 0.6) is 0 Å². The normalized spacial score (nSPS) is 15.5. The molecular formula is C17H24N2O2. The Hall–Kier alpha value is -1.68. The molecule has 1 fully saturated rings. The summed E-state index contributed by atoms with van der Waals surface area (Å²) in [6, 6.07) is 8.04. The lowest BCUT2D eigenvalue weighted by molar-refractivity contribution is -0.119. The van der Waals surface area contributed by atoms with E-state index in [-0.39, 0.29) is 24.8 Å². The zero-order valence-corrected chi connectivity index (χ0v) is 12.7. The van der Waals surface area contributed by atoms with Crippen molar-refractivity contribution in [1.82, 2.24) is 4.90 Å². The predicted molar refractivity (Wildman–Crippen MR) is 83.2 cm³/mol. The van der Waals surface area contributed by atoms with Crippen LogP contribution in [0.15, 0.2) is 24.3 Å². The lowest BCUT2D eigenvalue weighted by Crippen LogP contribution is -2.43. The predicted octanol–water partition coefficient (Wildman–Crippen LogP) is 2.16. The molecule has 0 radical (unpaired) electrons.